The van der Waals surface area contributed by atoms with Gasteiger partial charge in [0.1, 0.15) is 0 Å². The van der Waals surface area contributed by atoms with Gasteiger partial charge in [-0.1, -0.05) is 26.7 Å². The van der Waals surface area contributed by atoms with Crippen LogP contribution in [0.15, 0.2) is 0 Å². The molecule has 1 fully saturated rings. The maximum absolute atomic E-state index is 2.67. The minimum atomic E-state index is 1.33. The molecule has 0 spiro atoms. The molecular weight excluding hydrogens is 196 g/mol. The van der Waals surface area contributed by atoms with Crippen LogP contribution in [0.25, 0.3) is 0 Å². The van der Waals surface area contributed by atoms with Gasteiger partial charge in [-0.05, 0) is 26.3 Å². The molecule has 1 aliphatic rings. The Hall–Kier alpha value is -0.0800. The fourth-order valence-corrected chi connectivity index (χ4v) is 2.73. The number of rotatable bonds is 7. The molecule has 2 heteroatoms. The Morgan fingerprint density at radius 2 is 1.56 bits per heavy atom. The summed E-state index contributed by atoms with van der Waals surface area (Å²) in [6.45, 7) is 16.5. The normalized spacial score (nSPS) is 21.2. The van der Waals surface area contributed by atoms with Crippen LogP contribution in [0.3, 0.4) is 0 Å². The van der Waals surface area contributed by atoms with Crippen LogP contribution in [0, 0.1) is 0 Å². The third-order valence-electron chi connectivity index (χ3n) is 4.27. The minimum absolute atomic E-state index is 1.33. The van der Waals surface area contributed by atoms with Gasteiger partial charge in [0.2, 0.25) is 0 Å². The van der Waals surface area contributed by atoms with Crippen LogP contribution >= 0.6 is 0 Å². The van der Waals surface area contributed by atoms with Crippen molar-refractivity contribution in [1.29, 1.82) is 0 Å². The van der Waals surface area contributed by atoms with Crippen molar-refractivity contribution in [3.63, 3.8) is 0 Å². The summed E-state index contributed by atoms with van der Waals surface area (Å²) in [6.07, 6.45) is 5.46. The van der Waals surface area contributed by atoms with E-state index in [1.165, 1.54) is 76.0 Å². The maximum atomic E-state index is 2.67. The first-order valence-corrected chi connectivity index (χ1v) is 7.33. The van der Waals surface area contributed by atoms with Crippen LogP contribution in [0.5, 0.6) is 0 Å². The molecule has 2 nitrogen and oxygen atoms in total. The lowest BCUT2D eigenvalue weighted by molar-refractivity contribution is -0.930. The van der Waals surface area contributed by atoms with Crippen molar-refractivity contribution in [2.24, 2.45) is 0 Å². The first-order chi connectivity index (χ1) is 7.76. The van der Waals surface area contributed by atoms with Crippen molar-refractivity contribution in [1.82, 2.24) is 4.90 Å². The minimum Gasteiger partial charge on any atom is -0.322 e. The van der Waals surface area contributed by atoms with Gasteiger partial charge in [0.15, 0.2) is 0 Å². The van der Waals surface area contributed by atoms with Crippen molar-refractivity contribution in [3.05, 3.63) is 0 Å². The lowest BCUT2D eigenvalue weighted by atomic mass is 10.2. The number of unbranched alkanes of at least 4 members (excludes halogenated alkanes) is 2. The number of hydrogen-bond donors (Lipinski definition) is 0. The standard InChI is InChI=1S/C14H31N2/c1-4-7-9-15-10-13-16(6-3,14-11-15)12-8-5-2/h4-14H2,1-3H3/q+1. The van der Waals surface area contributed by atoms with E-state index in [-0.39, 0.29) is 0 Å². The largest absolute Gasteiger partial charge is 0.322 e. The second-order valence-electron chi connectivity index (χ2n) is 5.38. The van der Waals surface area contributed by atoms with Crippen LogP contribution in [0.2, 0.25) is 0 Å². The molecule has 0 bridgehead atoms. The van der Waals surface area contributed by atoms with E-state index >= 15 is 0 Å². The number of likely N-dealkylation sites (N-methyl/N-ethyl adjacent to an activating group) is 1. The first-order valence-electron chi connectivity index (χ1n) is 7.33. The number of quaternary nitrogens is 1. The second kappa shape index (κ2) is 7.29. The number of nitrogens with zero attached hydrogens (tertiary/aromatic N) is 2. The van der Waals surface area contributed by atoms with Crippen LogP contribution in [-0.2, 0) is 0 Å². The Labute approximate surface area is 102 Å². The topological polar surface area (TPSA) is 3.24 Å². The summed E-state index contributed by atoms with van der Waals surface area (Å²) >= 11 is 0. The molecule has 0 aliphatic carbocycles. The molecule has 0 aromatic carbocycles. The smallest absolute Gasteiger partial charge is 0.0916 e. The summed E-state index contributed by atoms with van der Waals surface area (Å²) in [5, 5.41) is 0. The fourth-order valence-electron chi connectivity index (χ4n) is 2.73. The molecule has 0 atom stereocenters. The second-order valence-corrected chi connectivity index (χ2v) is 5.38. The fraction of sp³-hybridized carbons (Fsp3) is 1.00. The van der Waals surface area contributed by atoms with Gasteiger partial charge < -0.3 is 4.48 Å². The summed E-state index contributed by atoms with van der Waals surface area (Å²) in [7, 11) is 0. The van der Waals surface area contributed by atoms with E-state index in [2.05, 4.69) is 25.7 Å². The highest BCUT2D eigenvalue weighted by Crippen LogP contribution is 2.15. The Balaban J connectivity index is 2.31. The highest BCUT2D eigenvalue weighted by atomic mass is 15.4. The van der Waals surface area contributed by atoms with Crippen molar-refractivity contribution in [2.45, 2.75) is 46.5 Å². The van der Waals surface area contributed by atoms with Gasteiger partial charge in [-0.3, -0.25) is 4.90 Å². The SMILES string of the molecule is CCCCN1CC[N+](CC)(CCCC)CC1. The molecule has 16 heavy (non-hydrogen) atoms. The summed E-state index contributed by atoms with van der Waals surface area (Å²) in [6, 6.07) is 0. The average Bonchev–Trinajstić information content (AvgIpc) is 2.35. The predicted molar refractivity (Wildman–Crippen MR) is 71.7 cm³/mol. The van der Waals surface area contributed by atoms with E-state index in [9.17, 15) is 0 Å². The maximum Gasteiger partial charge on any atom is 0.0916 e. The molecule has 96 valence electrons. The lowest BCUT2D eigenvalue weighted by Gasteiger charge is -2.44. The van der Waals surface area contributed by atoms with Gasteiger partial charge in [-0.15, -0.1) is 0 Å². The van der Waals surface area contributed by atoms with E-state index in [0.29, 0.717) is 0 Å². The van der Waals surface area contributed by atoms with Crippen molar-refractivity contribution >= 4 is 0 Å². The van der Waals surface area contributed by atoms with Crippen molar-refractivity contribution in [3.8, 4) is 0 Å². The van der Waals surface area contributed by atoms with Crippen LogP contribution < -0.4 is 0 Å². The van der Waals surface area contributed by atoms with Gasteiger partial charge in [0, 0.05) is 13.1 Å². The van der Waals surface area contributed by atoms with Gasteiger partial charge in [-0.2, -0.15) is 0 Å². The molecule has 0 unspecified atom stereocenters. The molecule has 0 aromatic heterocycles. The highest BCUT2D eigenvalue weighted by molar-refractivity contribution is 4.64. The molecule has 0 N–H and O–H groups in total. The van der Waals surface area contributed by atoms with E-state index in [1.807, 2.05) is 0 Å². The number of hydrogen-bond acceptors (Lipinski definition) is 1. The molecule has 0 radical (unpaired) electrons. The Morgan fingerprint density at radius 3 is 2.06 bits per heavy atom. The van der Waals surface area contributed by atoms with Gasteiger partial charge >= 0.3 is 0 Å². The zero-order chi connectivity index (χ0) is 11.9. The Morgan fingerprint density at radius 1 is 0.938 bits per heavy atom. The average molecular weight is 227 g/mol. The quantitative estimate of drug-likeness (QED) is 0.605. The third kappa shape index (κ3) is 4.06. The Kier molecular flexibility index (Phi) is 6.37. The van der Waals surface area contributed by atoms with Crippen molar-refractivity contribution < 1.29 is 4.48 Å². The zero-order valence-electron chi connectivity index (χ0n) is 11.7. The van der Waals surface area contributed by atoms with E-state index in [4.69, 9.17) is 0 Å². The molecular formula is C14H31N2+. The summed E-state index contributed by atoms with van der Waals surface area (Å²) < 4.78 is 1.39. The zero-order valence-corrected chi connectivity index (χ0v) is 11.7. The van der Waals surface area contributed by atoms with Crippen LogP contribution in [0.4, 0.5) is 0 Å². The lowest BCUT2D eigenvalue weighted by Crippen LogP contribution is -2.59. The van der Waals surface area contributed by atoms with Gasteiger partial charge in [0.25, 0.3) is 0 Å². The number of piperazine rings is 1. The van der Waals surface area contributed by atoms with E-state index in [0.717, 1.165) is 0 Å². The first kappa shape index (κ1) is 14.0. The summed E-state index contributed by atoms with van der Waals surface area (Å²) in [4.78, 5) is 2.67. The highest BCUT2D eigenvalue weighted by Gasteiger charge is 2.30. The Bertz CT molecular complexity index is 172. The van der Waals surface area contributed by atoms with Crippen molar-refractivity contribution in [2.75, 3.05) is 45.8 Å². The molecule has 1 heterocycles. The molecule has 0 saturated carbocycles. The van der Waals surface area contributed by atoms with Gasteiger partial charge in [-0.25, -0.2) is 0 Å². The molecule has 0 amide bonds. The van der Waals surface area contributed by atoms with E-state index < -0.39 is 0 Å². The van der Waals surface area contributed by atoms with E-state index in [1.54, 1.807) is 0 Å². The summed E-state index contributed by atoms with van der Waals surface area (Å²) in [5.41, 5.74) is 0. The van der Waals surface area contributed by atoms with Gasteiger partial charge in [0.05, 0.1) is 26.2 Å². The van der Waals surface area contributed by atoms with Crippen LogP contribution in [0.1, 0.15) is 46.5 Å². The predicted octanol–water partition coefficient (Wildman–Crippen LogP) is 2.74. The molecule has 1 aliphatic heterocycles. The molecule has 0 aromatic rings. The summed E-state index contributed by atoms with van der Waals surface area (Å²) in [5.74, 6) is 0. The molecule has 1 saturated heterocycles. The van der Waals surface area contributed by atoms with Crippen LogP contribution in [-0.4, -0.2) is 55.2 Å². The molecule has 1 rings (SSSR count). The monoisotopic (exact) mass is 227 g/mol. The third-order valence-corrected chi connectivity index (χ3v) is 4.27.